The van der Waals surface area contributed by atoms with Crippen LogP contribution in [0.4, 0.5) is 0 Å². The molecular weight excluding hydrogens is 516 g/mol. The summed E-state index contributed by atoms with van der Waals surface area (Å²) in [6.45, 7) is 4.36. The van der Waals surface area contributed by atoms with E-state index in [4.69, 9.17) is 31.2 Å². The topological polar surface area (TPSA) is 108 Å². The highest BCUT2D eigenvalue weighted by Crippen LogP contribution is 2.48. The molecule has 0 fully saturated rings. The number of H-pyrrole nitrogens is 1. The van der Waals surface area contributed by atoms with Crippen molar-refractivity contribution in [1.29, 1.82) is 0 Å². The Hall–Kier alpha value is -4.70. The quantitative estimate of drug-likeness (QED) is 0.313. The average molecular weight is 539 g/mol. The fraction of sp³-hybridized carbons (Fsp3) is 0.179. The van der Waals surface area contributed by atoms with Crippen molar-refractivity contribution in [3.05, 3.63) is 99.7 Å². The van der Waals surface area contributed by atoms with E-state index in [-0.39, 0.29) is 5.92 Å². The van der Waals surface area contributed by atoms with Crippen molar-refractivity contribution in [3.8, 4) is 28.9 Å². The van der Waals surface area contributed by atoms with Gasteiger partial charge in [-0.1, -0.05) is 29.8 Å². The van der Waals surface area contributed by atoms with Crippen LogP contribution in [0.2, 0.25) is 5.02 Å². The molecule has 39 heavy (non-hydrogen) atoms. The van der Waals surface area contributed by atoms with Crippen molar-refractivity contribution in [2.24, 2.45) is 7.05 Å². The number of aryl methyl sites for hydroxylation is 3. The van der Waals surface area contributed by atoms with Crippen LogP contribution < -0.4 is 9.47 Å². The summed E-state index contributed by atoms with van der Waals surface area (Å²) in [4.78, 5) is 9.54. The molecule has 0 radical (unpaired) electrons. The molecule has 0 saturated heterocycles. The van der Waals surface area contributed by atoms with Crippen molar-refractivity contribution in [2.75, 3.05) is 0 Å². The second-order valence-electron chi connectivity index (χ2n) is 9.62. The van der Waals surface area contributed by atoms with Gasteiger partial charge < -0.3 is 9.47 Å². The number of ether oxygens (including phenoxy) is 2. The predicted octanol–water partition coefficient (Wildman–Crippen LogP) is 5.38. The van der Waals surface area contributed by atoms with E-state index in [0.29, 0.717) is 34.9 Å². The van der Waals surface area contributed by atoms with Gasteiger partial charge >= 0.3 is 0 Å². The zero-order chi connectivity index (χ0) is 26.7. The molecular formula is C28H23ClN8O2. The molecule has 5 heterocycles. The van der Waals surface area contributed by atoms with Crippen molar-refractivity contribution >= 4 is 17.2 Å². The number of rotatable bonds is 5. The summed E-state index contributed by atoms with van der Waals surface area (Å²) in [7, 11) is 1.89. The lowest BCUT2D eigenvalue weighted by Crippen LogP contribution is -2.14. The normalized spacial score (nSPS) is 14.2. The number of nitrogens with one attached hydrogen (secondary N) is 1. The number of hydrogen-bond acceptors (Lipinski definition) is 7. The van der Waals surface area contributed by atoms with Gasteiger partial charge in [-0.3, -0.25) is 9.78 Å². The fourth-order valence-electron chi connectivity index (χ4n) is 5.04. The highest BCUT2D eigenvalue weighted by atomic mass is 35.5. The van der Waals surface area contributed by atoms with Crippen molar-refractivity contribution in [3.63, 3.8) is 0 Å². The van der Waals surface area contributed by atoms with Crippen molar-refractivity contribution < 1.29 is 9.47 Å². The summed E-state index contributed by atoms with van der Waals surface area (Å²) in [6, 6.07) is 13.6. The van der Waals surface area contributed by atoms with Gasteiger partial charge in [0.2, 0.25) is 11.8 Å². The van der Waals surface area contributed by atoms with E-state index < -0.39 is 0 Å². The standard InChI is InChI=1S/C28H23ClN8O2/c1-15-9-20(29)7-8-21(15)38-13-17-5-4-6-18(10-17)25-32-26-24-23(19-11-31-36(3)12-19)22-16(2)33-34-28(22)39-27(24)30-14-37(26)35-25/h4-12,14,23H,13H2,1-3H3,(H,33,34)/t23-/m0/s1. The van der Waals surface area contributed by atoms with Gasteiger partial charge in [0.15, 0.2) is 11.5 Å². The Balaban J connectivity index is 1.28. The molecule has 6 aromatic rings. The van der Waals surface area contributed by atoms with E-state index >= 15 is 0 Å². The first kappa shape index (κ1) is 23.4. The molecule has 1 atom stereocenters. The molecule has 0 spiro atoms. The smallest absolute Gasteiger partial charge is 0.244 e. The zero-order valence-electron chi connectivity index (χ0n) is 21.4. The molecule has 1 N–H and O–H groups in total. The molecule has 11 heteroatoms. The number of hydrogen-bond donors (Lipinski definition) is 1. The van der Waals surface area contributed by atoms with Gasteiger partial charge in [-0.2, -0.15) is 5.10 Å². The van der Waals surface area contributed by atoms with Gasteiger partial charge in [-0.25, -0.2) is 14.5 Å². The Morgan fingerprint density at radius 1 is 1.10 bits per heavy atom. The monoisotopic (exact) mass is 538 g/mol. The second kappa shape index (κ2) is 8.95. The number of halogens is 1. The van der Waals surface area contributed by atoms with E-state index in [1.165, 1.54) is 0 Å². The number of aromatic amines is 1. The number of benzene rings is 2. The van der Waals surface area contributed by atoms with Crippen LogP contribution in [-0.4, -0.2) is 39.6 Å². The highest BCUT2D eigenvalue weighted by molar-refractivity contribution is 6.30. The molecule has 10 nitrogen and oxygen atoms in total. The molecule has 7 rings (SSSR count). The van der Waals surface area contributed by atoms with E-state index in [0.717, 1.165) is 44.8 Å². The number of fused-ring (bicyclic) bond motifs is 4. The molecule has 2 aromatic carbocycles. The molecule has 1 aliphatic heterocycles. The van der Waals surface area contributed by atoms with E-state index in [9.17, 15) is 0 Å². The van der Waals surface area contributed by atoms with Gasteiger partial charge in [0.25, 0.3) is 0 Å². The van der Waals surface area contributed by atoms with E-state index in [1.54, 1.807) is 15.5 Å². The Labute approximate surface area is 228 Å². The van der Waals surface area contributed by atoms with Crippen LogP contribution in [0, 0.1) is 13.8 Å². The predicted molar refractivity (Wildman–Crippen MR) is 144 cm³/mol. The first-order valence-electron chi connectivity index (χ1n) is 12.4. The highest BCUT2D eigenvalue weighted by Gasteiger charge is 2.37. The third-order valence-electron chi connectivity index (χ3n) is 6.89. The fourth-order valence-corrected chi connectivity index (χ4v) is 5.27. The summed E-state index contributed by atoms with van der Waals surface area (Å²) in [5.74, 6) is 2.12. The Bertz CT molecular complexity index is 1870. The van der Waals surface area contributed by atoms with Crippen molar-refractivity contribution in [1.82, 2.24) is 39.6 Å². The number of nitrogens with zero attached hydrogens (tertiary/aromatic N) is 7. The number of aromatic nitrogens is 8. The molecule has 1 aliphatic rings. The molecule has 0 aliphatic carbocycles. The maximum absolute atomic E-state index is 6.10. The Kier molecular flexibility index (Phi) is 5.38. The van der Waals surface area contributed by atoms with Crippen LogP contribution >= 0.6 is 11.6 Å². The van der Waals surface area contributed by atoms with Gasteiger partial charge in [-0.15, -0.1) is 10.2 Å². The molecule has 0 bridgehead atoms. The van der Waals surface area contributed by atoms with Gasteiger partial charge in [0.1, 0.15) is 18.7 Å². The first-order valence-corrected chi connectivity index (χ1v) is 12.8. The van der Waals surface area contributed by atoms with E-state index in [1.807, 2.05) is 75.8 Å². The third kappa shape index (κ3) is 4.00. The van der Waals surface area contributed by atoms with Crippen LogP contribution in [0.25, 0.3) is 17.0 Å². The Morgan fingerprint density at radius 2 is 2.00 bits per heavy atom. The minimum absolute atomic E-state index is 0.216. The van der Waals surface area contributed by atoms with Gasteiger partial charge in [0, 0.05) is 40.7 Å². The lowest BCUT2D eigenvalue weighted by atomic mass is 9.86. The summed E-state index contributed by atoms with van der Waals surface area (Å²) < 4.78 is 15.6. The summed E-state index contributed by atoms with van der Waals surface area (Å²) in [6.07, 6.45) is 5.46. The van der Waals surface area contributed by atoms with Crippen LogP contribution in [-0.2, 0) is 13.7 Å². The minimum atomic E-state index is -0.216. The molecule has 194 valence electrons. The Morgan fingerprint density at radius 3 is 2.82 bits per heavy atom. The summed E-state index contributed by atoms with van der Waals surface area (Å²) in [5.41, 5.74) is 7.17. The SMILES string of the molecule is Cc1cc(Cl)ccc1OCc1cccc(-c2nc3c4c(ncn3n2)Oc2n[nH]c(C)c2[C@@H]4c2cnn(C)c2)c1. The summed E-state index contributed by atoms with van der Waals surface area (Å²) >= 11 is 6.08. The average Bonchev–Trinajstić information content (AvgIpc) is 3.65. The minimum Gasteiger partial charge on any atom is -0.489 e. The van der Waals surface area contributed by atoms with E-state index in [2.05, 4.69) is 20.3 Å². The molecule has 4 aromatic heterocycles. The first-order chi connectivity index (χ1) is 18.9. The molecule has 0 saturated carbocycles. The van der Waals surface area contributed by atoms with Crippen LogP contribution in [0.5, 0.6) is 17.5 Å². The second-order valence-corrected chi connectivity index (χ2v) is 10.1. The third-order valence-corrected chi connectivity index (χ3v) is 7.13. The lowest BCUT2D eigenvalue weighted by Gasteiger charge is -2.24. The molecule has 0 unspecified atom stereocenters. The van der Waals surface area contributed by atoms with Crippen LogP contribution in [0.15, 0.2) is 61.2 Å². The summed E-state index contributed by atoms with van der Waals surface area (Å²) in [5, 5.41) is 17.3. The molecule has 0 amide bonds. The van der Waals surface area contributed by atoms with Crippen molar-refractivity contribution in [2.45, 2.75) is 26.4 Å². The van der Waals surface area contributed by atoms with Gasteiger partial charge in [-0.05, 0) is 49.2 Å². The van der Waals surface area contributed by atoms with Crippen LogP contribution in [0.1, 0.15) is 39.4 Å². The van der Waals surface area contributed by atoms with Gasteiger partial charge in [0.05, 0.1) is 17.7 Å². The zero-order valence-corrected chi connectivity index (χ0v) is 22.1. The maximum Gasteiger partial charge on any atom is 0.244 e. The van der Waals surface area contributed by atoms with Crippen LogP contribution in [0.3, 0.4) is 0 Å². The lowest BCUT2D eigenvalue weighted by molar-refractivity contribution is 0.304. The maximum atomic E-state index is 6.10. The largest absolute Gasteiger partial charge is 0.489 e.